The summed E-state index contributed by atoms with van der Waals surface area (Å²) in [5.41, 5.74) is 7.07. The first kappa shape index (κ1) is 23.1. The van der Waals surface area contributed by atoms with Crippen LogP contribution in [0.25, 0.3) is 11.0 Å². The lowest BCUT2D eigenvalue weighted by Crippen LogP contribution is -2.57. The van der Waals surface area contributed by atoms with Crippen molar-refractivity contribution in [3.05, 3.63) is 101 Å². The number of fused-ring (bicyclic) bond motifs is 1. The summed E-state index contributed by atoms with van der Waals surface area (Å²) >= 11 is 0. The fourth-order valence-electron chi connectivity index (χ4n) is 5.14. The number of aliphatic carboxylic acids is 1. The van der Waals surface area contributed by atoms with Gasteiger partial charge in [-0.15, -0.1) is 0 Å². The number of para-hydroxylation sites is 2. The van der Waals surface area contributed by atoms with Gasteiger partial charge in [-0.25, -0.2) is 0 Å². The van der Waals surface area contributed by atoms with Gasteiger partial charge in [0.2, 0.25) is 5.62 Å². The molecule has 6 nitrogen and oxygen atoms in total. The summed E-state index contributed by atoms with van der Waals surface area (Å²) in [6.45, 7) is 6.04. The Kier molecular flexibility index (Phi) is 6.31. The van der Waals surface area contributed by atoms with Gasteiger partial charge in [-0.05, 0) is 49.9 Å². The molecule has 2 N–H and O–H groups in total. The van der Waals surface area contributed by atoms with E-state index < -0.39 is 11.9 Å². The predicted octanol–water partition coefficient (Wildman–Crippen LogP) is 4.74. The third-order valence-corrected chi connectivity index (χ3v) is 7.16. The highest BCUT2D eigenvalue weighted by molar-refractivity contribution is 5.77. The molecule has 35 heavy (non-hydrogen) atoms. The molecule has 0 amide bonds. The number of carbonyl (C=O) groups is 1. The van der Waals surface area contributed by atoms with Crippen LogP contribution in [-0.4, -0.2) is 38.2 Å². The molecule has 4 aromatic rings. The van der Waals surface area contributed by atoms with E-state index in [4.69, 9.17) is 5.41 Å². The summed E-state index contributed by atoms with van der Waals surface area (Å²) in [5.74, 6) is -1.32. The van der Waals surface area contributed by atoms with Crippen LogP contribution in [0.4, 0.5) is 0 Å². The van der Waals surface area contributed by atoms with Crippen molar-refractivity contribution in [2.24, 2.45) is 5.92 Å². The van der Waals surface area contributed by atoms with E-state index in [0.29, 0.717) is 18.7 Å². The number of hydrogen-bond acceptors (Lipinski definition) is 3. The number of imidazole rings is 1. The third kappa shape index (κ3) is 4.54. The average molecular weight is 469 g/mol. The molecule has 6 heteroatoms. The van der Waals surface area contributed by atoms with E-state index in [9.17, 15) is 9.90 Å². The van der Waals surface area contributed by atoms with E-state index >= 15 is 0 Å². The van der Waals surface area contributed by atoms with E-state index in [0.717, 1.165) is 36.0 Å². The van der Waals surface area contributed by atoms with Crippen molar-refractivity contribution in [2.45, 2.75) is 39.4 Å². The zero-order valence-corrected chi connectivity index (χ0v) is 20.3. The SMILES string of the molecule is Cc1ccc(CCCN2CC(C(=O)O)C2n2c(=N)n(Cc3ccc(C)cc3)c3ccccc32)cc1. The Bertz CT molecular complexity index is 1400. The van der Waals surface area contributed by atoms with Crippen LogP contribution in [0, 0.1) is 25.2 Å². The molecule has 2 heterocycles. The summed E-state index contributed by atoms with van der Waals surface area (Å²) in [4.78, 5) is 14.3. The second kappa shape index (κ2) is 9.55. The lowest BCUT2D eigenvalue weighted by atomic mass is 9.93. The summed E-state index contributed by atoms with van der Waals surface area (Å²) in [6.07, 6.45) is 1.54. The van der Waals surface area contributed by atoms with Crippen molar-refractivity contribution >= 4 is 17.0 Å². The van der Waals surface area contributed by atoms with Crippen molar-refractivity contribution in [3.8, 4) is 0 Å². The summed E-state index contributed by atoms with van der Waals surface area (Å²) in [6, 6.07) is 24.9. The number of hydrogen-bond donors (Lipinski definition) is 2. The van der Waals surface area contributed by atoms with Crippen LogP contribution < -0.4 is 5.62 Å². The Balaban J connectivity index is 1.44. The molecule has 1 saturated heterocycles. The van der Waals surface area contributed by atoms with Crippen molar-refractivity contribution in [2.75, 3.05) is 13.1 Å². The molecule has 180 valence electrons. The van der Waals surface area contributed by atoms with Crippen molar-refractivity contribution in [1.29, 1.82) is 5.41 Å². The fourth-order valence-corrected chi connectivity index (χ4v) is 5.14. The smallest absolute Gasteiger partial charge is 0.311 e. The molecule has 1 aliphatic rings. The first-order chi connectivity index (χ1) is 16.9. The zero-order valence-electron chi connectivity index (χ0n) is 20.3. The summed E-state index contributed by atoms with van der Waals surface area (Å²) < 4.78 is 3.92. The molecular formula is C29H32N4O2. The molecule has 0 radical (unpaired) electrons. The number of carboxylic acids is 1. The van der Waals surface area contributed by atoms with E-state index in [-0.39, 0.29) is 6.17 Å². The summed E-state index contributed by atoms with van der Waals surface area (Å²) in [5, 5.41) is 19.0. The van der Waals surface area contributed by atoms with Gasteiger partial charge in [-0.1, -0.05) is 71.8 Å². The molecular weight excluding hydrogens is 436 g/mol. The van der Waals surface area contributed by atoms with Crippen molar-refractivity contribution in [3.63, 3.8) is 0 Å². The number of aryl methyl sites for hydroxylation is 3. The topological polar surface area (TPSA) is 74.2 Å². The predicted molar refractivity (Wildman–Crippen MR) is 137 cm³/mol. The minimum atomic E-state index is -0.799. The number of nitrogens with one attached hydrogen (secondary N) is 1. The van der Waals surface area contributed by atoms with Crippen molar-refractivity contribution in [1.82, 2.24) is 14.0 Å². The van der Waals surface area contributed by atoms with Gasteiger partial charge < -0.3 is 9.67 Å². The molecule has 3 aromatic carbocycles. The van der Waals surface area contributed by atoms with Crippen LogP contribution in [0.1, 0.15) is 34.8 Å². The Morgan fingerprint density at radius 3 is 2.14 bits per heavy atom. The maximum atomic E-state index is 12.1. The second-order valence-corrected chi connectivity index (χ2v) is 9.70. The third-order valence-electron chi connectivity index (χ3n) is 7.16. The highest BCUT2D eigenvalue weighted by Gasteiger charge is 2.45. The number of carboxylic acid groups (broad SMARTS) is 1. The number of likely N-dealkylation sites (tertiary alicyclic amines) is 1. The molecule has 0 spiro atoms. The van der Waals surface area contributed by atoms with Crippen LogP contribution >= 0.6 is 0 Å². The molecule has 2 unspecified atom stereocenters. The van der Waals surface area contributed by atoms with Gasteiger partial charge in [0.05, 0.1) is 17.6 Å². The van der Waals surface area contributed by atoms with Crippen LogP contribution in [0.15, 0.2) is 72.8 Å². The fraction of sp³-hybridized carbons (Fsp3) is 0.310. The quantitative estimate of drug-likeness (QED) is 0.392. The zero-order chi connectivity index (χ0) is 24.5. The van der Waals surface area contributed by atoms with E-state index in [2.05, 4.69) is 67.3 Å². The molecule has 1 aliphatic heterocycles. The standard InChI is InChI=1S/C29H32N4O2/c1-20-9-13-22(14-10-20)6-5-17-31-19-24(28(34)35)27(31)33-26-8-4-3-7-25(26)32(29(33)30)18-23-15-11-21(2)12-16-23/h3-4,7-16,24,27,30H,5-6,17-19H2,1-2H3,(H,34,35). The van der Waals surface area contributed by atoms with E-state index in [1.54, 1.807) is 0 Å². The van der Waals surface area contributed by atoms with Gasteiger partial charge in [-0.3, -0.25) is 19.7 Å². The average Bonchev–Trinajstić information content (AvgIpc) is 3.09. The number of rotatable bonds is 8. The number of aromatic nitrogens is 2. The van der Waals surface area contributed by atoms with Gasteiger partial charge in [0, 0.05) is 13.1 Å². The van der Waals surface area contributed by atoms with Gasteiger partial charge in [-0.2, -0.15) is 0 Å². The molecule has 1 aromatic heterocycles. The normalized spacial score (nSPS) is 18.0. The first-order valence-corrected chi connectivity index (χ1v) is 12.2. The molecule has 0 saturated carbocycles. The minimum Gasteiger partial charge on any atom is -0.481 e. The van der Waals surface area contributed by atoms with Gasteiger partial charge in [0.25, 0.3) is 0 Å². The second-order valence-electron chi connectivity index (χ2n) is 9.70. The maximum Gasteiger partial charge on any atom is 0.311 e. The highest BCUT2D eigenvalue weighted by atomic mass is 16.4. The Hall–Kier alpha value is -3.64. The number of nitrogens with zero attached hydrogens (tertiary/aromatic N) is 3. The molecule has 0 aliphatic carbocycles. The summed E-state index contributed by atoms with van der Waals surface area (Å²) in [7, 11) is 0. The number of benzene rings is 3. The Labute approximate surface area is 205 Å². The maximum absolute atomic E-state index is 12.1. The monoisotopic (exact) mass is 468 g/mol. The van der Waals surface area contributed by atoms with Crippen molar-refractivity contribution < 1.29 is 9.90 Å². The van der Waals surface area contributed by atoms with Gasteiger partial charge >= 0.3 is 5.97 Å². The molecule has 0 bridgehead atoms. The van der Waals surface area contributed by atoms with Crippen LogP contribution in [0.5, 0.6) is 0 Å². The van der Waals surface area contributed by atoms with Crippen LogP contribution in [0.2, 0.25) is 0 Å². The largest absolute Gasteiger partial charge is 0.481 e. The molecule has 2 atom stereocenters. The Morgan fingerprint density at radius 2 is 1.51 bits per heavy atom. The lowest BCUT2D eigenvalue weighted by Gasteiger charge is -2.46. The van der Waals surface area contributed by atoms with Gasteiger partial charge in [0.15, 0.2) is 0 Å². The highest BCUT2D eigenvalue weighted by Crippen LogP contribution is 2.36. The molecule has 1 fully saturated rings. The van der Waals surface area contributed by atoms with Gasteiger partial charge in [0.1, 0.15) is 12.1 Å². The van der Waals surface area contributed by atoms with Crippen LogP contribution in [0.3, 0.4) is 0 Å². The van der Waals surface area contributed by atoms with Crippen LogP contribution in [-0.2, 0) is 17.8 Å². The molecule has 5 rings (SSSR count). The van der Waals surface area contributed by atoms with E-state index in [1.807, 2.05) is 33.4 Å². The lowest BCUT2D eigenvalue weighted by molar-refractivity contribution is -0.157. The minimum absolute atomic E-state index is 0.339. The Morgan fingerprint density at radius 1 is 0.914 bits per heavy atom. The first-order valence-electron chi connectivity index (χ1n) is 12.2. The van der Waals surface area contributed by atoms with E-state index in [1.165, 1.54) is 16.7 Å².